The maximum Gasteiger partial charge on any atom is 0.301 e. The van der Waals surface area contributed by atoms with Gasteiger partial charge in [-0.1, -0.05) is 25.1 Å². The first kappa shape index (κ1) is 15.3. The SMILES string of the molecule is CCCNC1CCCN(S(=O)(=O)NC)c2ccccc21. The Bertz CT molecular complexity index is 545. The summed E-state index contributed by atoms with van der Waals surface area (Å²) < 4.78 is 28.3. The summed E-state index contributed by atoms with van der Waals surface area (Å²) in [6.45, 7) is 3.59. The highest BCUT2D eigenvalue weighted by molar-refractivity contribution is 7.90. The van der Waals surface area contributed by atoms with E-state index in [0.29, 0.717) is 6.54 Å². The van der Waals surface area contributed by atoms with Crippen LogP contribution >= 0.6 is 0 Å². The van der Waals surface area contributed by atoms with Crippen molar-refractivity contribution in [2.45, 2.75) is 32.2 Å². The molecule has 0 bridgehead atoms. The summed E-state index contributed by atoms with van der Waals surface area (Å²) in [5.74, 6) is 0. The summed E-state index contributed by atoms with van der Waals surface area (Å²) in [4.78, 5) is 0. The Morgan fingerprint density at radius 2 is 2.10 bits per heavy atom. The minimum absolute atomic E-state index is 0.225. The first-order chi connectivity index (χ1) is 9.60. The number of fused-ring (bicyclic) bond motifs is 1. The van der Waals surface area contributed by atoms with Gasteiger partial charge in [-0.3, -0.25) is 4.31 Å². The Hall–Kier alpha value is -1.11. The van der Waals surface area contributed by atoms with Gasteiger partial charge < -0.3 is 5.32 Å². The van der Waals surface area contributed by atoms with Crippen LogP contribution in [0.25, 0.3) is 0 Å². The van der Waals surface area contributed by atoms with E-state index in [2.05, 4.69) is 17.0 Å². The second-order valence-electron chi connectivity index (χ2n) is 4.99. The smallest absolute Gasteiger partial charge is 0.301 e. The molecule has 0 spiro atoms. The quantitative estimate of drug-likeness (QED) is 0.871. The van der Waals surface area contributed by atoms with E-state index < -0.39 is 10.2 Å². The highest BCUT2D eigenvalue weighted by Crippen LogP contribution is 2.33. The van der Waals surface area contributed by atoms with Crippen LogP contribution in [-0.2, 0) is 10.2 Å². The van der Waals surface area contributed by atoms with Crippen LogP contribution in [0.2, 0.25) is 0 Å². The molecule has 0 saturated heterocycles. The van der Waals surface area contributed by atoms with Crippen LogP contribution in [0.5, 0.6) is 0 Å². The van der Waals surface area contributed by atoms with Gasteiger partial charge in [0.25, 0.3) is 0 Å². The van der Waals surface area contributed by atoms with Crippen LogP contribution in [0.4, 0.5) is 5.69 Å². The monoisotopic (exact) mass is 297 g/mol. The molecule has 1 aromatic rings. The number of anilines is 1. The normalized spacial score (nSPS) is 19.5. The molecule has 2 N–H and O–H groups in total. The topological polar surface area (TPSA) is 61.4 Å². The molecule has 1 aliphatic heterocycles. The molecule has 0 saturated carbocycles. The zero-order valence-corrected chi connectivity index (χ0v) is 12.9. The summed E-state index contributed by atoms with van der Waals surface area (Å²) >= 11 is 0. The largest absolute Gasteiger partial charge is 0.310 e. The molecule has 1 heterocycles. The highest BCUT2D eigenvalue weighted by atomic mass is 32.2. The van der Waals surface area contributed by atoms with E-state index in [1.807, 2.05) is 24.3 Å². The van der Waals surface area contributed by atoms with Gasteiger partial charge in [0.15, 0.2) is 0 Å². The average molecular weight is 297 g/mol. The van der Waals surface area contributed by atoms with E-state index in [-0.39, 0.29) is 6.04 Å². The lowest BCUT2D eigenvalue weighted by Gasteiger charge is -2.25. The molecule has 1 aromatic carbocycles. The van der Waals surface area contributed by atoms with Crippen molar-refractivity contribution in [1.29, 1.82) is 0 Å². The first-order valence-electron chi connectivity index (χ1n) is 7.13. The summed E-state index contributed by atoms with van der Waals surface area (Å²) in [5.41, 5.74) is 1.85. The number of hydrogen-bond donors (Lipinski definition) is 2. The van der Waals surface area contributed by atoms with Crippen LogP contribution in [-0.4, -0.2) is 28.6 Å². The molecule has 0 aromatic heterocycles. The van der Waals surface area contributed by atoms with Gasteiger partial charge >= 0.3 is 10.2 Å². The molecule has 112 valence electrons. The van der Waals surface area contributed by atoms with Gasteiger partial charge in [0, 0.05) is 19.6 Å². The van der Waals surface area contributed by atoms with Crippen LogP contribution in [0.3, 0.4) is 0 Å². The number of nitrogens with one attached hydrogen (secondary N) is 2. The fourth-order valence-corrected chi connectivity index (χ4v) is 3.63. The predicted octanol–water partition coefficient (Wildman–Crippen LogP) is 1.79. The van der Waals surface area contributed by atoms with Gasteiger partial charge in [0.2, 0.25) is 0 Å². The maximum atomic E-state index is 12.2. The molecule has 1 aliphatic rings. The molecule has 2 rings (SSSR count). The van der Waals surface area contributed by atoms with Gasteiger partial charge in [-0.2, -0.15) is 8.42 Å². The van der Waals surface area contributed by atoms with Gasteiger partial charge in [0.05, 0.1) is 5.69 Å². The first-order valence-corrected chi connectivity index (χ1v) is 8.57. The summed E-state index contributed by atoms with van der Waals surface area (Å²) in [7, 11) is -1.99. The average Bonchev–Trinajstić information content (AvgIpc) is 2.65. The summed E-state index contributed by atoms with van der Waals surface area (Å²) in [6.07, 6.45) is 2.86. The maximum absolute atomic E-state index is 12.2. The number of para-hydroxylation sites is 1. The molecule has 0 fully saturated rings. The van der Waals surface area contributed by atoms with Crippen LogP contribution in [0.1, 0.15) is 37.8 Å². The van der Waals surface area contributed by atoms with Crippen molar-refractivity contribution in [3.63, 3.8) is 0 Å². The van der Waals surface area contributed by atoms with Crippen LogP contribution < -0.4 is 14.3 Å². The predicted molar refractivity (Wildman–Crippen MR) is 82.0 cm³/mol. The molecular formula is C14H23N3O2S. The second-order valence-corrected chi connectivity index (χ2v) is 6.79. The molecule has 1 unspecified atom stereocenters. The van der Waals surface area contributed by atoms with E-state index in [1.165, 1.54) is 11.4 Å². The molecule has 1 atom stereocenters. The summed E-state index contributed by atoms with van der Waals surface area (Å²) in [6, 6.07) is 7.99. The highest BCUT2D eigenvalue weighted by Gasteiger charge is 2.28. The standard InChI is InChI=1S/C14H23N3O2S/c1-3-10-16-13-8-6-11-17(20(18,19)15-2)14-9-5-4-7-12(13)14/h4-5,7,9,13,15-16H,3,6,8,10-11H2,1-2H3. The lowest BCUT2D eigenvalue weighted by atomic mass is 10.0. The molecular weight excluding hydrogens is 274 g/mol. The van der Waals surface area contributed by atoms with Gasteiger partial charge in [-0.15, -0.1) is 0 Å². The molecule has 0 aliphatic carbocycles. The number of nitrogens with zero attached hydrogens (tertiary/aromatic N) is 1. The van der Waals surface area contributed by atoms with Crippen molar-refractivity contribution in [2.75, 3.05) is 24.4 Å². The molecule has 6 heteroatoms. The zero-order chi connectivity index (χ0) is 14.6. The van der Waals surface area contributed by atoms with Crippen molar-refractivity contribution in [3.05, 3.63) is 29.8 Å². The third-order valence-electron chi connectivity index (χ3n) is 3.62. The Labute approximate surface area is 121 Å². The van der Waals surface area contributed by atoms with Gasteiger partial charge in [-0.05, 0) is 37.4 Å². The second kappa shape index (κ2) is 6.56. The Morgan fingerprint density at radius 3 is 2.80 bits per heavy atom. The molecule has 20 heavy (non-hydrogen) atoms. The Balaban J connectivity index is 2.40. The Kier molecular flexibility index (Phi) is 5.01. The fraction of sp³-hybridized carbons (Fsp3) is 0.571. The van der Waals surface area contributed by atoms with E-state index in [4.69, 9.17) is 0 Å². The minimum atomic E-state index is -3.45. The van der Waals surface area contributed by atoms with Crippen molar-refractivity contribution in [3.8, 4) is 0 Å². The number of benzene rings is 1. The fourth-order valence-electron chi connectivity index (χ4n) is 2.61. The third kappa shape index (κ3) is 3.13. The van der Waals surface area contributed by atoms with E-state index in [0.717, 1.165) is 37.1 Å². The van der Waals surface area contributed by atoms with E-state index in [1.54, 1.807) is 0 Å². The third-order valence-corrected chi connectivity index (χ3v) is 5.10. The van der Waals surface area contributed by atoms with Crippen molar-refractivity contribution in [2.24, 2.45) is 0 Å². The Morgan fingerprint density at radius 1 is 1.35 bits per heavy atom. The van der Waals surface area contributed by atoms with E-state index >= 15 is 0 Å². The summed E-state index contributed by atoms with van der Waals surface area (Å²) in [5, 5.41) is 3.52. The lowest BCUT2D eigenvalue weighted by Crippen LogP contribution is -2.39. The molecule has 0 radical (unpaired) electrons. The zero-order valence-electron chi connectivity index (χ0n) is 12.1. The van der Waals surface area contributed by atoms with Gasteiger partial charge in [-0.25, -0.2) is 4.72 Å². The van der Waals surface area contributed by atoms with E-state index in [9.17, 15) is 8.42 Å². The minimum Gasteiger partial charge on any atom is -0.310 e. The van der Waals surface area contributed by atoms with Gasteiger partial charge in [0.1, 0.15) is 0 Å². The number of hydrogen-bond acceptors (Lipinski definition) is 3. The molecule has 5 nitrogen and oxygen atoms in total. The van der Waals surface area contributed by atoms with Crippen molar-refractivity contribution in [1.82, 2.24) is 10.0 Å². The van der Waals surface area contributed by atoms with Crippen LogP contribution in [0.15, 0.2) is 24.3 Å². The number of rotatable bonds is 5. The van der Waals surface area contributed by atoms with Crippen molar-refractivity contribution < 1.29 is 8.42 Å². The van der Waals surface area contributed by atoms with Crippen LogP contribution in [0, 0.1) is 0 Å². The van der Waals surface area contributed by atoms with Crippen molar-refractivity contribution >= 4 is 15.9 Å². The lowest BCUT2D eigenvalue weighted by molar-refractivity contribution is 0.496. The molecule has 0 amide bonds.